The summed E-state index contributed by atoms with van der Waals surface area (Å²) in [6, 6.07) is 13.3. The van der Waals surface area contributed by atoms with E-state index in [1.165, 1.54) is 5.56 Å². The van der Waals surface area contributed by atoms with Gasteiger partial charge in [0.1, 0.15) is 5.60 Å². The molecule has 2 aromatic rings. The van der Waals surface area contributed by atoms with Crippen LogP contribution in [0.1, 0.15) is 29.5 Å². The van der Waals surface area contributed by atoms with E-state index in [4.69, 9.17) is 23.2 Å². The lowest BCUT2D eigenvalue weighted by molar-refractivity contribution is 0.0617. The molecule has 1 unspecified atom stereocenters. The van der Waals surface area contributed by atoms with Gasteiger partial charge in [-0.25, -0.2) is 0 Å². The van der Waals surface area contributed by atoms with Crippen LogP contribution in [0.5, 0.6) is 0 Å². The molecule has 0 amide bonds. The normalized spacial score (nSPS) is 22.1. The summed E-state index contributed by atoms with van der Waals surface area (Å²) < 4.78 is 0. The second kappa shape index (κ2) is 4.82. The van der Waals surface area contributed by atoms with Gasteiger partial charge in [-0.15, -0.1) is 0 Å². The first-order valence-corrected chi connectivity index (χ1v) is 7.13. The molecule has 0 spiro atoms. The van der Waals surface area contributed by atoms with E-state index in [2.05, 4.69) is 6.07 Å². The summed E-state index contributed by atoms with van der Waals surface area (Å²) >= 11 is 12.3. The molecule has 19 heavy (non-hydrogen) atoms. The van der Waals surface area contributed by atoms with Crippen LogP contribution >= 0.6 is 23.2 Å². The molecule has 0 aliphatic heterocycles. The largest absolute Gasteiger partial charge is 0.380 e. The quantitative estimate of drug-likeness (QED) is 0.817. The molecule has 1 aliphatic carbocycles. The highest BCUT2D eigenvalue weighted by molar-refractivity contribution is 6.33. The average molecular weight is 293 g/mol. The summed E-state index contributed by atoms with van der Waals surface area (Å²) in [6.07, 6.45) is 2.61. The molecule has 98 valence electrons. The van der Waals surface area contributed by atoms with Crippen LogP contribution in [0.2, 0.25) is 10.0 Å². The molecule has 1 aliphatic rings. The molecule has 0 bridgehead atoms. The topological polar surface area (TPSA) is 20.2 Å². The number of aliphatic hydroxyl groups is 1. The minimum atomic E-state index is -1.03. The smallest absolute Gasteiger partial charge is 0.116 e. The summed E-state index contributed by atoms with van der Waals surface area (Å²) in [7, 11) is 0. The molecule has 1 nitrogen and oxygen atoms in total. The molecule has 3 heteroatoms. The molecule has 0 heterocycles. The fourth-order valence-corrected chi connectivity index (χ4v) is 3.35. The van der Waals surface area contributed by atoms with Gasteiger partial charge in [0.25, 0.3) is 0 Å². The Balaban J connectivity index is 2.21. The Morgan fingerprint density at radius 1 is 1.00 bits per heavy atom. The van der Waals surface area contributed by atoms with Crippen LogP contribution in [-0.2, 0) is 12.0 Å². The van der Waals surface area contributed by atoms with E-state index in [9.17, 15) is 5.11 Å². The van der Waals surface area contributed by atoms with Crippen molar-refractivity contribution in [3.05, 3.63) is 69.2 Å². The zero-order valence-corrected chi connectivity index (χ0v) is 11.9. The van der Waals surface area contributed by atoms with Crippen molar-refractivity contribution in [1.29, 1.82) is 0 Å². The minimum Gasteiger partial charge on any atom is -0.380 e. The molecule has 3 rings (SSSR count). The Morgan fingerprint density at radius 2 is 1.79 bits per heavy atom. The van der Waals surface area contributed by atoms with Gasteiger partial charge in [0.15, 0.2) is 0 Å². The average Bonchev–Trinajstić information content (AvgIpc) is 2.42. The van der Waals surface area contributed by atoms with Crippen molar-refractivity contribution in [3.63, 3.8) is 0 Å². The van der Waals surface area contributed by atoms with Gasteiger partial charge in [-0.2, -0.15) is 0 Å². The summed E-state index contributed by atoms with van der Waals surface area (Å²) in [5.74, 6) is 0. The molecular formula is C16H14Cl2O. The van der Waals surface area contributed by atoms with Crippen molar-refractivity contribution in [2.24, 2.45) is 0 Å². The third-order valence-electron chi connectivity index (χ3n) is 3.82. The Kier molecular flexibility index (Phi) is 3.30. The highest BCUT2D eigenvalue weighted by Crippen LogP contribution is 2.43. The van der Waals surface area contributed by atoms with Gasteiger partial charge >= 0.3 is 0 Å². The first-order chi connectivity index (χ1) is 9.11. The third-order valence-corrected chi connectivity index (χ3v) is 4.39. The highest BCUT2D eigenvalue weighted by atomic mass is 35.5. The van der Waals surface area contributed by atoms with Gasteiger partial charge in [-0.1, -0.05) is 47.5 Å². The van der Waals surface area contributed by atoms with Gasteiger partial charge in [-0.05, 0) is 48.6 Å². The van der Waals surface area contributed by atoms with Crippen LogP contribution in [0.4, 0.5) is 0 Å². The fourth-order valence-electron chi connectivity index (χ4n) is 2.91. The van der Waals surface area contributed by atoms with Crippen LogP contribution in [0.25, 0.3) is 0 Å². The monoisotopic (exact) mass is 292 g/mol. The molecule has 0 aromatic heterocycles. The number of hydrogen-bond acceptors (Lipinski definition) is 1. The van der Waals surface area contributed by atoms with Crippen LogP contribution in [0.3, 0.4) is 0 Å². The number of fused-ring (bicyclic) bond motifs is 1. The second-order valence-electron chi connectivity index (χ2n) is 5.00. The predicted molar refractivity (Wildman–Crippen MR) is 78.8 cm³/mol. The molecule has 0 saturated carbocycles. The van der Waals surface area contributed by atoms with Crippen molar-refractivity contribution in [2.75, 3.05) is 0 Å². The maximum absolute atomic E-state index is 11.2. The first kappa shape index (κ1) is 13.0. The number of benzene rings is 2. The standard InChI is InChI=1S/C16H14Cl2O/c17-12-7-8-15(18)14(10-12)16(19)9-3-5-11-4-1-2-6-13(11)16/h1-2,4,6-8,10,19H,3,5,9H2. The second-order valence-corrected chi connectivity index (χ2v) is 5.84. The Morgan fingerprint density at radius 3 is 2.63 bits per heavy atom. The minimum absolute atomic E-state index is 0.559. The molecule has 0 fully saturated rings. The Bertz CT molecular complexity index is 624. The molecule has 1 atom stereocenters. The number of halogens is 2. The first-order valence-electron chi connectivity index (χ1n) is 6.37. The van der Waals surface area contributed by atoms with Crippen molar-refractivity contribution in [1.82, 2.24) is 0 Å². The number of hydrogen-bond donors (Lipinski definition) is 1. The maximum Gasteiger partial charge on any atom is 0.116 e. The van der Waals surface area contributed by atoms with Crippen LogP contribution in [0.15, 0.2) is 42.5 Å². The third kappa shape index (κ3) is 2.16. The van der Waals surface area contributed by atoms with E-state index >= 15 is 0 Å². The Labute approximate surface area is 122 Å². The van der Waals surface area contributed by atoms with Gasteiger partial charge in [0, 0.05) is 15.6 Å². The molecule has 0 saturated heterocycles. The van der Waals surface area contributed by atoms with Gasteiger partial charge < -0.3 is 5.11 Å². The number of rotatable bonds is 1. The Hall–Kier alpha value is -1.02. The zero-order valence-electron chi connectivity index (χ0n) is 10.4. The summed E-state index contributed by atoms with van der Waals surface area (Å²) in [6.45, 7) is 0. The van der Waals surface area contributed by atoms with Crippen LogP contribution < -0.4 is 0 Å². The van der Waals surface area contributed by atoms with Gasteiger partial charge in [0.2, 0.25) is 0 Å². The van der Waals surface area contributed by atoms with E-state index in [0.717, 1.165) is 18.4 Å². The van der Waals surface area contributed by atoms with Crippen molar-refractivity contribution in [2.45, 2.75) is 24.9 Å². The summed E-state index contributed by atoms with van der Waals surface area (Å²) in [4.78, 5) is 0. The predicted octanol–water partition coefficient (Wildman–Crippen LogP) is 4.57. The van der Waals surface area contributed by atoms with E-state index in [-0.39, 0.29) is 0 Å². The zero-order chi connectivity index (χ0) is 13.5. The molecular weight excluding hydrogens is 279 g/mol. The maximum atomic E-state index is 11.2. The van der Waals surface area contributed by atoms with Crippen LogP contribution in [0, 0.1) is 0 Å². The van der Waals surface area contributed by atoms with Gasteiger partial charge in [0.05, 0.1) is 0 Å². The lowest BCUT2D eigenvalue weighted by Gasteiger charge is -2.35. The van der Waals surface area contributed by atoms with E-state index in [0.29, 0.717) is 22.0 Å². The van der Waals surface area contributed by atoms with Crippen LogP contribution in [-0.4, -0.2) is 5.11 Å². The van der Waals surface area contributed by atoms with Crippen molar-refractivity contribution < 1.29 is 5.11 Å². The SMILES string of the molecule is OC1(c2cc(Cl)ccc2Cl)CCCc2ccccc21. The lowest BCUT2D eigenvalue weighted by Crippen LogP contribution is -2.32. The molecule has 1 N–H and O–H groups in total. The van der Waals surface area contributed by atoms with E-state index in [1.54, 1.807) is 18.2 Å². The lowest BCUT2D eigenvalue weighted by atomic mass is 9.75. The number of aryl methyl sites for hydroxylation is 1. The van der Waals surface area contributed by atoms with Gasteiger partial charge in [-0.3, -0.25) is 0 Å². The molecule has 2 aromatic carbocycles. The van der Waals surface area contributed by atoms with Crippen molar-refractivity contribution >= 4 is 23.2 Å². The summed E-state index contributed by atoms with van der Waals surface area (Å²) in [5.41, 5.74) is 1.81. The highest BCUT2D eigenvalue weighted by Gasteiger charge is 2.37. The van der Waals surface area contributed by atoms with Crippen molar-refractivity contribution in [3.8, 4) is 0 Å². The summed E-state index contributed by atoms with van der Waals surface area (Å²) in [5, 5.41) is 12.3. The van der Waals surface area contributed by atoms with E-state index < -0.39 is 5.60 Å². The van der Waals surface area contributed by atoms with E-state index in [1.807, 2.05) is 18.2 Å². The fraction of sp³-hybridized carbons (Fsp3) is 0.250. The molecule has 0 radical (unpaired) electrons.